The van der Waals surface area contributed by atoms with Crippen molar-refractivity contribution in [3.05, 3.63) is 52.4 Å². The van der Waals surface area contributed by atoms with Crippen molar-refractivity contribution in [3.63, 3.8) is 0 Å². The summed E-state index contributed by atoms with van der Waals surface area (Å²) in [7, 11) is 0. The molecular formula is C14H17N5O. The van der Waals surface area contributed by atoms with Crippen LogP contribution in [0.2, 0.25) is 0 Å². The van der Waals surface area contributed by atoms with Gasteiger partial charge in [0.15, 0.2) is 0 Å². The number of anilines is 1. The Morgan fingerprint density at radius 3 is 2.70 bits per heavy atom. The molecule has 3 N–H and O–H groups in total. The van der Waals surface area contributed by atoms with Crippen LogP contribution >= 0.6 is 0 Å². The Bertz CT molecular complexity index is 663. The number of aryl methyl sites for hydroxylation is 1. The second-order valence-electron chi connectivity index (χ2n) is 4.26. The zero-order valence-electron chi connectivity index (χ0n) is 11.5. The maximum Gasteiger partial charge on any atom is 0.252 e. The smallest absolute Gasteiger partial charge is 0.252 e. The summed E-state index contributed by atoms with van der Waals surface area (Å²) in [6, 6.07) is 11.1. The number of guanidine groups is 1. The average molecular weight is 271 g/mol. The topological polar surface area (TPSA) is 87.4 Å². The van der Waals surface area contributed by atoms with Crippen molar-refractivity contribution in [2.45, 2.75) is 13.8 Å². The van der Waals surface area contributed by atoms with Crippen LogP contribution in [0.15, 0.2) is 46.2 Å². The van der Waals surface area contributed by atoms with Crippen molar-refractivity contribution in [2.75, 3.05) is 11.4 Å². The molecule has 0 amide bonds. The van der Waals surface area contributed by atoms with Gasteiger partial charge in [0.05, 0.1) is 0 Å². The van der Waals surface area contributed by atoms with Gasteiger partial charge in [-0.05, 0) is 26.0 Å². The van der Waals surface area contributed by atoms with Gasteiger partial charge in [0.1, 0.15) is 0 Å². The molecular weight excluding hydrogens is 254 g/mol. The number of nitrogens with two attached hydrogens (primary N) is 1. The maximum absolute atomic E-state index is 11.4. The van der Waals surface area contributed by atoms with E-state index >= 15 is 0 Å². The molecule has 2 aromatic rings. The predicted octanol–water partition coefficient (Wildman–Crippen LogP) is 1.55. The SMILES string of the molecule is CCN(/C(N)=N/c1nc(C)cc(=O)[nH]1)c1ccccc1. The number of hydrogen-bond donors (Lipinski definition) is 2. The highest BCUT2D eigenvalue weighted by Crippen LogP contribution is 2.13. The summed E-state index contributed by atoms with van der Waals surface area (Å²) in [4.78, 5) is 24.1. The fourth-order valence-corrected chi connectivity index (χ4v) is 1.87. The van der Waals surface area contributed by atoms with Crippen molar-refractivity contribution in [1.82, 2.24) is 9.97 Å². The molecule has 0 aliphatic rings. The number of benzene rings is 1. The van der Waals surface area contributed by atoms with E-state index in [1.165, 1.54) is 6.07 Å². The Morgan fingerprint density at radius 1 is 1.40 bits per heavy atom. The van der Waals surface area contributed by atoms with E-state index in [9.17, 15) is 4.79 Å². The maximum atomic E-state index is 11.4. The average Bonchev–Trinajstić information content (AvgIpc) is 2.39. The third-order valence-electron chi connectivity index (χ3n) is 2.74. The standard InChI is InChI=1S/C14H17N5O/c1-3-19(11-7-5-4-6-8-11)13(15)18-14-16-10(2)9-12(20)17-14/h4-9H,3H2,1-2H3,(H3,15,16,17,18,20). The highest BCUT2D eigenvalue weighted by atomic mass is 16.1. The summed E-state index contributed by atoms with van der Waals surface area (Å²) >= 11 is 0. The van der Waals surface area contributed by atoms with E-state index in [-0.39, 0.29) is 17.5 Å². The Balaban J connectivity index is 2.35. The Morgan fingerprint density at radius 2 is 2.10 bits per heavy atom. The van der Waals surface area contributed by atoms with Gasteiger partial charge >= 0.3 is 0 Å². The van der Waals surface area contributed by atoms with Crippen molar-refractivity contribution in [2.24, 2.45) is 10.7 Å². The van der Waals surface area contributed by atoms with Gasteiger partial charge < -0.3 is 10.6 Å². The van der Waals surface area contributed by atoms with E-state index in [0.29, 0.717) is 12.2 Å². The van der Waals surface area contributed by atoms with E-state index in [1.807, 2.05) is 42.2 Å². The van der Waals surface area contributed by atoms with Gasteiger partial charge in [0.2, 0.25) is 11.9 Å². The lowest BCUT2D eigenvalue weighted by Gasteiger charge is -2.21. The first-order valence-electron chi connectivity index (χ1n) is 6.35. The van der Waals surface area contributed by atoms with Gasteiger partial charge in [-0.2, -0.15) is 4.99 Å². The van der Waals surface area contributed by atoms with Crippen LogP contribution in [0.1, 0.15) is 12.6 Å². The second kappa shape index (κ2) is 6.01. The quantitative estimate of drug-likeness (QED) is 0.655. The first kappa shape index (κ1) is 13.8. The normalized spacial score (nSPS) is 11.4. The summed E-state index contributed by atoms with van der Waals surface area (Å²) in [5, 5.41) is 0. The minimum atomic E-state index is -0.244. The van der Waals surface area contributed by atoms with Crippen LogP contribution in [0, 0.1) is 6.92 Å². The number of aromatic amines is 1. The fraction of sp³-hybridized carbons (Fsp3) is 0.214. The highest BCUT2D eigenvalue weighted by molar-refractivity contribution is 5.95. The first-order valence-corrected chi connectivity index (χ1v) is 6.35. The molecule has 0 saturated carbocycles. The van der Waals surface area contributed by atoms with Gasteiger partial charge in [-0.15, -0.1) is 0 Å². The van der Waals surface area contributed by atoms with Crippen LogP contribution in [0.25, 0.3) is 0 Å². The monoisotopic (exact) mass is 271 g/mol. The summed E-state index contributed by atoms with van der Waals surface area (Å²) in [6.07, 6.45) is 0. The van der Waals surface area contributed by atoms with E-state index in [4.69, 9.17) is 5.73 Å². The van der Waals surface area contributed by atoms with Crippen molar-refractivity contribution >= 4 is 17.6 Å². The largest absolute Gasteiger partial charge is 0.369 e. The lowest BCUT2D eigenvalue weighted by molar-refractivity contribution is 1.01. The van der Waals surface area contributed by atoms with Crippen LogP contribution in [0.5, 0.6) is 0 Å². The van der Waals surface area contributed by atoms with Crippen LogP contribution in [-0.4, -0.2) is 22.5 Å². The summed E-state index contributed by atoms with van der Waals surface area (Å²) in [5.74, 6) is 0.495. The molecule has 0 radical (unpaired) electrons. The number of para-hydroxylation sites is 1. The lowest BCUT2D eigenvalue weighted by atomic mass is 10.3. The van der Waals surface area contributed by atoms with E-state index < -0.39 is 0 Å². The third-order valence-corrected chi connectivity index (χ3v) is 2.74. The number of rotatable bonds is 3. The van der Waals surface area contributed by atoms with Crippen molar-refractivity contribution in [1.29, 1.82) is 0 Å². The summed E-state index contributed by atoms with van der Waals surface area (Å²) < 4.78 is 0. The molecule has 0 spiro atoms. The highest BCUT2D eigenvalue weighted by Gasteiger charge is 2.08. The van der Waals surface area contributed by atoms with E-state index in [2.05, 4.69) is 15.0 Å². The minimum Gasteiger partial charge on any atom is -0.369 e. The van der Waals surface area contributed by atoms with E-state index in [1.54, 1.807) is 6.92 Å². The van der Waals surface area contributed by atoms with E-state index in [0.717, 1.165) is 5.69 Å². The molecule has 0 aliphatic carbocycles. The van der Waals surface area contributed by atoms with Crippen LogP contribution in [0.4, 0.5) is 11.6 Å². The molecule has 0 saturated heterocycles. The Hall–Kier alpha value is -2.63. The second-order valence-corrected chi connectivity index (χ2v) is 4.26. The van der Waals surface area contributed by atoms with Gasteiger partial charge in [-0.1, -0.05) is 18.2 Å². The van der Waals surface area contributed by atoms with Gasteiger partial charge in [0, 0.05) is 24.0 Å². The predicted molar refractivity (Wildman–Crippen MR) is 80.3 cm³/mol. The van der Waals surface area contributed by atoms with Crippen LogP contribution in [-0.2, 0) is 0 Å². The zero-order chi connectivity index (χ0) is 14.5. The number of aliphatic imine (C=N–C) groups is 1. The molecule has 2 rings (SSSR count). The molecule has 20 heavy (non-hydrogen) atoms. The summed E-state index contributed by atoms with van der Waals surface area (Å²) in [5.41, 5.74) is 7.30. The molecule has 6 heteroatoms. The molecule has 1 aromatic heterocycles. The molecule has 1 heterocycles. The molecule has 0 atom stereocenters. The lowest BCUT2D eigenvalue weighted by Crippen LogP contribution is -2.37. The molecule has 104 valence electrons. The molecule has 0 aliphatic heterocycles. The Kier molecular flexibility index (Phi) is 4.14. The number of hydrogen-bond acceptors (Lipinski definition) is 3. The fourth-order valence-electron chi connectivity index (χ4n) is 1.87. The van der Waals surface area contributed by atoms with Gasteiger partial charge in [0.25, 0.3) is 5.56 Å². The number of nitrogens with one attached hydrogen (secondary N) is 1. The molecule has 6 nitrogen and oxygen atoms in total. The molecule has 0 unspecified atom stereocenters. The van der Waals surface area contributed by atoms with Gasteiger partial charge in [-0.3, -0.25) is 9.78 Å². The number of aromatic nitrogens is 2. The van der Waals surface area contributed by atoms with Gasteiger partial charge in [-0.25, -0.2) is 4.98 Å². The van der Waals surface area contributed by atoms with Crippen molar-refractivity contribution in [3.8, 4) is 0 Å². The molecule has 1 aromatic carbocycles. The first-order chi connectivity index (χ1) is 9.60. The minimum absolute atomic E-state index is 0.210. The third kappa shape index (κ3) is 3.23. The number of nitrogens with zero attached hydrogens (tertiary/aromatic N) is 3. The Labute approximate surface area is 117 Å². The van der Waals surface area contributed by atoms with Crippen molar-refractivity contribution < 1.29 is 0 Å². The van der Waals surface area contributed by atoms with Crippen LogP contribution < -0.4 is 16.2 Å². The van der Waals surface area contributed by atoms with Crippen LogP contribution in [0.3, 0.4) is 0 Å². The zero-order valence-corrected chi connectivity index (χ0v) is 11.5. The molecule has 0 fully saturated rings. The molecule has 0 bridgehead atoms. The number of H-pyrrole nitrogens is 1. The summed E-state index contributed by atoms with van der Waals surface area (Å²) in [6.45, 7) is 4.37.